The van der Waals surface area contributed by atoms with Crippen molar-refractivity contribution in [2.75, 3.05) is 25.4 Å². The van der Waals surface area contributed by atoms with Crippen molar-refractivity contribution < 1.29 is 36.6 Å². The van der Waals surface area contributed by atoms with Gasteiger partial charge in [-0.25, -0.2) is 27.1 Å². The third-order valence-electron chi connectivity index (χ3n) is 10.0. The topological polar surface area (TPSA) is 135 Å². The van der Waals surface area contributed by atoms with Crippen molar-refractivity contribution in [3.63, 3.8) is 0 Å². The van der Waals surface area contributed by atoms with Crippen LogP contribution in [0, 0.1) is 5.82 Å². The summed E-state index contributed by atoms with van der Waals surface area (Å²) in [6.45, 7) is 2.53. The van der Waals surface area contributed by atoms with Crippen LogP contribution in [0.25, 0.3) is 0 Å². The first-order chi connectivity index (χ1) is 26.2. The van der Waals surface area contributed by atoms with E-state index in [2.05, 4.69) is 15.4 Å². The van der Waals surface area contributed by atoms with Crippen LogP contribution in [0.4, 0.5) is 14.0 Å². The van der Waals surface area contributed by atoms with Gasteiger partial charge in [-0.3, -0.25) is 15.5 Å². The van der Waals surface area contributed by atoms with Crippen molar-refractivity contribution in [2.24, 2.45) is 0 Å². The fourth-order valence-corrected chi connectivity index (χ4v) is 8.39. The van der Waals surface area contributed by atoms with E-state index in [0.717, 1.165) is 47.1 Å². The summed E-state index contributed by atoms with van der Waals surface area (Å²) in [6, 6.07) is 30.5. The number of hydrogen-bond donors (Lipinski definition) is 3. The van der Waals surface area contributed by atoms with Crippen LogP contribution in [0.2, 0.25) is 0 Å². The maximum absolute atomic E-state index is 14.3. The third-order valence-corrected chi connectivity index (χ3v) is 11.6. The summed E-state index contributed by atoms with van der Waals surface area (Å²) in [4.78, 5) is 29.0. The van der Waals surface area contributed by atoms with Gasteiger partial charge in [0.25, 0.3) is 0 Å². The zero-order valence-electron chi connectivity index (χ0n) is 30.3. The van der Waals surface area contributed by atoms with Gasteiger partial charge < -0.3 is 14.2 Å². The Kier molecular flexibility index (Phi) is 12.8. The van der Waals surface area contributed by atoms with Crippen molar-refractivity contribution in [2.45, 2.75) is 70.0 Å². The first-order valence-corrected chi connectivity index (χ1v) is 20.0. The monoisotopic (exact) mass is 758 g/mol. The third kappa shape index (κ3) is 9.76. The number of sulfonamides is 1. The molecular weight excluding hydrogens is 712 g/mol. The number of nitrogens with one attached hydrogen (secondary N) is 3. The minimum atomic E-state index is -3.39. The molecule has 4 aromatic carbocycles. The standard InChI is InChI=1S/C41H47FN4O7S/c1-2-26-54(49,50)43-23-25-51-35-19-14-32-20-24-46(37(36(32)27-35)41(21-9-22-41)33-15-17-34(42)18-16-33)38(44-39(47)52-28-30-10-5-3-6-11-30)45-40(48)53-29-31-12-7-4-8-13-31/h3-8,10-19,27,37-38,43H,2,9,20-26,28-29H2,1H3,(H,44,47)(H,45,48). The Balaban J connectivity index is 1.32. The summed E-state index contributed by atoms with van der Waals surface area (Å²) in [5.74, 6) is 0.242. The highest BCUT2D eigenvalue weighted by Crippen LogP contribution is 2.56. The molecule has 1 atom stereocenters. The van der Waals surface area contributed by atoms with E-state index in [1.165, 1.54) is 12.1 Å². The fraction of sp³-hybridized carbons (Fsp3) is 0.366. The van der Waals surface area contributed by atoms with E-state index < -0.39 is 40.0 Å². The Labute approximate surface area is 316 Å². The summed E-state index contributed by atoms with van der Waals surface area (Å²) in [5.41, 5.74) is 4.03. The van der Waals surface area contributed by atoms with E-state index in [9.17, 15) is 22.4 Å². The Hall–Kier alpha value is -4.98. The van der Waals surface area contributed by atoms with Gasteiger partial charge in [-0.15, -0.1) is 0 Å². The predicted octanol–water partition coefficient (Wildman–Crippen LogP) is 6.69. The summed E-state index contributed by atoms with van der Waals surface area (Å²) in [7, 11) is -3.39. The summed E-state index contributed by atoms with van der Waals surface area (Å²) < 4.78 is 58.6. The molecule has 11 nitrogen and oxygen atoms in total. The van der Waals surface area contributed by atoms with E-state index in [1.807, 2.05) is 95.9 Å². The molecule has 13 heteroatoms. The van der Waals surface area contributed by atoms with Crippen LogP contribution >= 0.6 is 0 Å². The number of rotatable bonds is 16. The SMILES string of the molecule is CCCS(=O)(=O)NCCOc1ccc2c(c1)C(C1(c3ccc(F)cc3)CCC1)N(C(NC(=O)OCc1ccccc1)NC(=O)OCc1ccccc1)CC2. The zero-order valence-corrected chi connectivity index (χ0v) is 31.2. The number of alkyl carbamates (subject to hydrolysis) is 2. The summed E-state index contributed by atoms with van der Waals surface area (Å²) in [5, 5.41) is 5.81. The van der Waals surface area contributed by atoms with Crippen molar-refractivity contribution in [3.8, 4) is 5.75 Å². The second-order valence-electron chi connectivity index (χ2n) is 13.6. The van der Waals surface area contributed by atoms with Crippen LogP contribution in [-0.2, 0) is 44.5 Å². The molecule has 3 N–H and O–H groups in total. The minimum absolute atomic E-state index is 0.0267. The molecule has 6 rings (SSSR count). The van der Waals surface area contributed by atoms with Crippen LogP contribution in [0.15, 0.2) is 103 Å². The van der Waals surface area contributed by atoms with E-state index in [-0.39, 0.29) is 37.9 Å². The molecular formula is C41H47FN4O7S. The molecule has 1 aliphatic carbocycles. The molecule has 1 unspecified atom stereocenters. The molecule has 2 amide bonds. The normalized spacial score (nSPS) is 16.5. The molecule has 1 saturated carbocycles. The van der Waals surface area contributed by atoms with Gasteiger partial charge in [0, 0.05) is 24.5 Å². The molecule has 54 heavy (non-hydrogen) atoms. The Morgan fingerprint density at radius 2 is 1.48 bits per heavy atom. The van der Waals surface area contributed by atoms with Crippen LogP contribution in [-0.4, -0.2) is 57.2 Å². The van der Waals surface area contributed by atoms with E-state index >= 15 is 0 Å². The molecule has 286 valence electrons. The molecule has 1 heterocycles. The van der Waals surface area contributed by atoms with E-state index in [4.69, 9.17) is 14.2 Å². The number of halogens is 1. The van der Waals surface area contributed by atoms with Gasteiger partial charge in [0.1, 0.15) is 31.4 Å². The van der Waals surface area contributed by atoms with Gasteiger partial charge in [0.15, 0.2) is 6.29 Å². The largest absolute Gasteiger partial charge is 0.492 e. The van der Waals surface area contributed by atoms with Crippen LogP contribution in [0.5, 0.6) is 5.75 Å². The highest BCUT2D eigenvalue weighted by atomic mass is 32.2. The lowest BCUT2D eigenvalue weighted by molar-refractivity contribution is -0.00320. The molecule has 0 bridgehead atoms. The number of fused-ring (bicyclic) bond motifs is 1. The lowest BCUT2D eigenvalue weighted by Gasteiger charge is -2.55. The summed E-state index contributed by atoms with van der Waals surface area (Å²) in [6.07, 6.45) is 1.03. The maximum Gasteiger partial charge on any atom is 0.410 e. The number of benzene rings is 4. The predicted molar refractivity (Wildman–Crippen MR) is 202 cm³/mol. The molecule has 0 aromatic heterocycles. The number of hydrogen-bond acceptors (Lipinski definition) is 8. The van der Waals surface area contributed by atoms with Gasteiger partial charge in [-0.1, -0.05) is 92.2 Å². The van der Waals surface area contributed by atoms with Gasteiger partial charge in [0.2, 0.25) is 10.0 Å². The first kappa shape index (κ1) is 38.7. The molecule has 2 aliphatic rings. The molecule has 1 fully saturated rings. The second-order valence-corrected chi connectivity index (χ2v) is 15.6. The van der Waals surface area contributed by atoms with Gasteiger partial charge in [-0.2, -0.15) is 0 Å². The molecule has 4 aromatic rings. The Morgan fingerprint density at radius 1 is 0.870 bits per heavy atom. The average molecular weight is 759 g/mol. The number of carbonyl (C=O) groups is 2. The molecule has 0 spiro atoms. The minimum Gasteiger partial charge on any atom is -0.492 e. The van der Waals surface area contributed by atoms with Crippen LogP contribution in [0.1, 0.15) is 66.5 Å². The number of nitrogens with zero attached hydrogens (tertiary/aromatic N) is 1. The average Bonchev–Trinajstić information content (AvgIpc) is 3.16. The highest BCUT2D eigenvalue weighted by Gasteiger charge is 2.52. The lowest BCUT2D eigenvalue weighted by atomic mass is 9.57. The van der Waals surface area contributed by atoms with Crippen molar-refractivity contribution >= 4 is 22.2 Å². The quantitative estimate of drug-likeness (QED) is 0.0850. The van der Waals surface area contributed by atoms with Gasteiger partial charge in [0.05, 0.1) is 5.75 Å². The zero-order chi connectivity index (χ0) is 38.0. The summed E-state index contributed by atoms with van der Waals surface area (Å²) >= 11 is 0. The number of amides is 2. The van der Waals surface area contributed by atoms with E-state index in [1.54, 1.807) is 6.92 Å². The smallest absolute Gasteiger partial charge is 0.410 e. The first-order valence-electron chi connectivity index (χ1n) is 18.3. The Bertz CT molecular complexity index is 1910. The molecule has 1 aliphatic heterocycles. The number of carbonyl (C=O) groups excluding carboxylic acids is 2. The van der Waals surface area contributed by atoms with Crippen molar-refractivity contribution in [1.82, 2.24) is 20.3 Å². The molecule has 0 saturated heterocycles. The van der Waals surface area contributed by atoms with Gasteiger partial charge >= 0.3 is 12.2 Å². The fourth-order valence-electron chi connectivity index (χ4n) is 7.32. The van der Waals surface area contributed by atoms with Crippen LogP contribution in [0.3, 0.4) is 0 Å². The lowest BCUT2D eigenvalue weighted by Crippen LogP contribution is -2.64. The van der Waals surface area contributed by atoms with Crippen molar-refractivity contribution in [1.29, 1.82) is 0 Å². The van der Waals surface area contributed by atoms with Gasteiger partial charge in [-0.05, 0) is 77.8 Å². The Morgan fingerprint density at radius 3 is 2.04 bits per heavy atom. The molecule has 0 radical (unpaired) electrons. The second kappa shape index (κ2) is 17.9. The maximum atomic E-state index is 14.3. The van der Waals surface area contributed by atoms with E-state index in [0.29, 0.717) is 25.1 Å². The highest BCUT2D eigenvalue weighted by molar-refractivity contribution is 7.89. The number of ether oxygens (including phenoxy) is 3. The van der Waals surface area contributed by atoms with Crippen molar-refractivity contribution in [3.05, 3.63) is 137 Å². The van der Waals surface area contributed by atoms with Crippen LogP contribution < -0.4 is 20.1 Å².